The summed E-state index contributed by atoms with van der Waals surface area (Å²) in [4.78, 5) is 16.3. The van der Waals surface area contributed by atoms with Gasteiger partial charge in [0.05, 0.1) is 19.4 Å². The molecule has 11 aromatic rings. The fourth-order valence-electron chi connectivity index (χ4n) is 7.32. The molecule has 3 aromatic heterocycles. The number of hydrogen-bond acceptors (Lipinski definition) is 6. The molecular weight excluding hydrogens is 717 g/mol. The molecule has 11 rings (SSSR count). The highest BCUT2D eigenvalue weighted by atomic mass is 32.1. The van der Waals surface area contributed by atoms with Crippen LogP contribution in [0.15, 0.2) is 198 Å². The van der Waals surface area contributed by atoms with E-state index in [0.29, 0.717) is 33.2 Å². The lowest BCUT2D eigenvalue weighted by molar-refractivity contribution is 0.669. The first-order chi connectivity index (χ1) is 32.4. The summed E-state index contributed by atoms with van der Waals surface area (Å²) in [6.07, 6.45) is 0. The van der Waals surface area contributed by atoms with E-state index in [4.69, 9.17) is 28.1 Å². The molecule has 57 heavy (non-hydrogen) atoms. The van der Waals surface area contributed by atoms with Crippen LogP contribution in [-0.2, 0) is 0 Å². The first-order valence-corrected chi connectivity index (χ1v) is 18.9. The van der Waals surface area contributed by atoms with Gasteiger partial charge in [0, 0.05) is 65.1 Å². The summed E-state index contributed by atoms with van der Waals surface area (Å²) in [5.41, 5.74) is 4.96. The maximum atomic E-state index is 8.91. The number of fused-ring (bicyclic) bond motifs is 6. The monoisotopic (exact) mass is 758 g/mol. The molecule has 6 heteroatoms. The molecule has 8 aromatic carbocycles. The minimum Gasteiger partial charge on any atom is -0.456 e. The van der Waals surface area contributed by atoms with Crippen molar-refractivity contribution in [3.63, 3.8) is 0 Å². The zero-order valence-corrected chi connectivity index (χ0v) is 30.6. The SMILES string of the molecule is [2H]c1c([2H])c([2H])c(-c2nc(-c3c([2H])c([2H])c([2H])c([2H])c3[2H])nc(-c3cc(N(c4ccc(-c5ccccc5)cc4)c4ccc5c(c4)sc4ccccc45)cc4oc5ccccc5c34)n2)c([2H])c1[2H]. The normalized spacial score (nSPS) is 14.0. The van der Waals surface area contributed by atoms with Gasteiger partial charge < -0.3 is 9.32 Å². The Morgan fingerprint density at radius 1 is 0.439 bits per heavy atom. The number of furan rings is 1. The molecule has 3 heterocycles. The number of rotatable bonds is 7. The Bertz CT molecular complexity index is 3700. The van der Waals surface area contributed by atoms with Crippen molar-refractivity contribution >= 4 is 70.5 Å². The maximum Gasteiger partial charge on any atom is 0.164 e. The number of anilines is 3. The van der Waals surface area contributed by atoms with Crippen molar-refractivity contribution in [3.8, 4) is 45.3 Å². The Hall–Kier alpha value is -7.41. The van der Waals surface area contributed by atoms with Crippen molar-refractivity contribution in [1.29, 1.82) is 0 Å². The summed E-state index contributed by atoms with van der Waals surface area (Å²) in [6, 6.07) is 37.9. The molecule has 0 atom stereocenters. The van der Waals surface area contributed by atoms with Gasteiger partial charge in [-0.3, -0.25) is 0 Å². The number of hydrogen-bond donors (Lipinski definition) is 0. The highest BCUT2D eigenvalue weighted by Gasteiger charge is 2.23. The van der Waals surface area contributed by atoms with E-state index in [1.807, 2.05) is 78.9 Å². The highest BCUT2D eigenvalue weighted by molar-refractivity contribution is 7.25. The van der Waals surface area contributed by atoms with Crippen LogP contribution in [0.5, 0.6) is 0 Å². The standard InChI is InChI=1S/C51H32N4OS/c1-4-14-33(15-5-1)34-24-26-37(27-25-34)55(38-28-29-41-40-20-11-13-23-46(40)57-47(41)32-38)39-30-43(48-42-21-10-12-22-44(42)56-45(48)31-39)51-53-49(35-16-6-2-7-17-35)52-50(54-51)36-18-8-3-9-19-36/h1-32H/i2D,3D,6D,7D,8D,9D,16D,17D,18D,19D. The second-order valence-corrected chi connectivity index (χ2v) is 14.4. The van der Waals surface area contributed by atoms with Crippen LogP contribution in [0, 0.1) is 0 Å². The molecule has 0 fully saturated rings. The molecule has 0 N–H and O–H groups in total. The zero-order valence-electron chi connectivity index (χ0n) is 39.8. The minimum absolute atomic E-state index is 0.0728. The molecule has 5 nitrogen and oxygen atoms in total. The van der Waals surface area contributed by atoms with Crippen LogP contribution in [0.4, 0.5) is 17.1 Å². The molecule has 0 radical (unpaired) electrons. The number of para-hydroxylation sites is 1. The number of thiophene rings is 1. The summed E-state index contributed by atoms with van der Waals surface area (Å²) < 4.78 is 95.0. The number of aromatic nitrogens is 3. The van der Waals surface area contributed by atoms with Crippen LogP contribution in [0.25, 0.3) is 87.4 Å². The zero-order chi connectivity index (χ0) is 46.4. The molecule has 0 aliphatic heterocycles. The van der Waals surface area contributed by atoms with Gasteiger partial charge in [0.1, 0.15) is 11.2 Å². The van der Waals surface area contributed by atoms with E-state index in [-0.39, 0.29) is 28.6 Å². The maximum absolute atomic E-state index is 8.91. The fourth-order valence-corrected chi connectivity index (χ4v) is 8.46. The van der Waals surface area contributed by atoms with Gasteiger partial charge in [0.25, 0.3) is 0 Å². The van der Waals surface area contributed by atoms with Gasteiger partial charge in [0.15, 0.2) is 17.5 Å². The van der Waals surface area contributed by atoms with Crippen molar-refractivity contribution in [3.05, 3.63) is 194 Å². The number of benzene rings is 8. The van der Waals surface area contributed by atoms with Crippen molar-refractivity contribution in [1.82, 2.24) is 15.0 Å². The lowest BCUT2D eigenvalue weighted by Gasteiger charge is -2.26. The first-order valence-electron chi connectivity index (χ1n) is 23.1. The average Bonchev–Trinajstić information content (AvgIpc) is 3.92. The molecule has 0 bridgehead atoms. The minimum atomic E-state index is -0.628. The second kappa shape index (κ2) is 13.7. The van der Waals surface area contributed by atoms with E-state index >= 15 is 0 Å². The van der Waals surface area contributed by atoms with Crippen LogP contribution < -0.4 is 4.90 Å². The topological polar surface area (TPSA) is 55.1 Å². The number of nitrogens with zero attached hydrogens (tertiary/aromatic N) is 4. The fraction of sp³-hybridized carbons (Fsp3) is 0. The molecular formula is C51H32N4OS. The first kappa shape index (κ1) is 24.2. The van der Waals surface area contributed by atoms with E-state index in [9.17, 15) is 0 Å². The van der Waals surface area contributed by atoms with Crippen molar-refractivity contribution in [2.45, 2.75) is 0 Å². The molecule has 0 amide bonds. The molecule has 0 spiro atoms. The van der Waals surface area contributed by atoms with Crippen LogP contribution in [0.1, 0.15) is 13.7 Å². The third-order valence-corrected chi connectivity index (χ3v) is 11.0. The van der Waals surface area contributed by atoms with Crippen LogP contribution >= 0.6 is 11.3 Å². The molecule has 0 saturated heterocycles. The van der Waals surface area contributed by atoms with E-state index in [1.165, 1.54) is 0 Å². The van der Waals surface area contributed by atoms with E-state index in [2.05, 4.69) is 64.5 Å². The van der Waals surface area contributed by atoms with Gasteiger partial charge in [-0.1, -0.05) is 145 Å². The van der Waals surface area contributed by atoms with E-state index in [0.717, 1.165) is 42.7 Å². The highest BCUT2D eigenvalue weighted by Crippen LogP contribution is 2.45. The van der Waals surface area contributed by atoms with Crippen LogP contribution in [0.2, 0.25) is 0 Å². The Morgan fingerprint density at radius 2 is 1.04 bits per heavy atom. The van der Waals surface area contributed by atoms with E-state index < -0.39 is 60.4 Å². The van der Waals surface area contributed by atoms with E-state index in [1.54, 1.807) is 11.3 Å². The predicted octanol–water partition coefficient (Wildman–Crippen LogP) is 14.3. The molecule has 0 aliphatic carbocycles. The van der Waals surface area contributed by atoms with Crippen molar-refractivity contribution < 1.29 is 18.1 Å². The quantitative estimate of drug-likeness (QED) is 0.162. The van der Waals surface area contributed by atoms with Gasteiger partial charge in [0.2, 0.25) is 0 Å². The lowest BCUT2D eigenvalue weighted by atomic mass is 10.0. The summed E-state index contributed by atoms with van der Waals surface area (Å²) in [6.45, 7) is 0. The van der Waals surface area contributed by atoms with Gasteiger partial charge in [-0.2, -0.15) is 0 Å². The van der Waals surface area contributed by atoms with Crippen molar-refractivity contribution in [2.24, 2.45) is 0 Å². The Labute approximate surface area is 346 Å². The molecule has 0 unspecified atom stereocenters. The largest absolute Gasteiger partial charge is 0.456 e. The predicted molar refractivity (Wildman–Crippen MR) is 236 cm³/mol. The summed E-state index contributed by atoms with van der Waals surface area (Å²) in [7, 11) is 0. The Morgan fingerprint density at radius 3 is 1.77 bits per heavy atom. The molecule has 0 aliphatic rings. The summed E-state index contributed by atoms with van der Waals surface area (Å²) >= 11 is 1.69. The second-order valence-electron chi connectivity index (χ2n) is 13.3. The molecule has 268 valence electrons. The van der Waals surface area contributed by atoms with Crippen molar-refractivity contribution in [2.75, 3.05) is 4.90 Å². The van der Waals surface area contributed by atoms with Gasteiger partial charge in [-0.05, 0) is 53.6 Å². The molecule has 0 saturated carbocycles. The Kier molecular flexibility index (Phi) is 5.82. The van der Waals surface area contributed by atoms with Gasteiger partial charge >= 0.3 is 0 Å². The summed E-state index contributed by atoms with van der Waals surface area (Å²) in [5.74, 6) is -0.797. The average molecular weight is 759 g/mol. The lowest BCUT2D eigenvalue weighted by Crippen LogP contribution is -2.10. The van der Waals surface area contributed by atoms with Gasteiger partial charge in [-0.15, -0.1) is 11.3 Å². The van der Waals surface area contributed by atoms with Crippen LogP contribution in [0.3, 0.4) is 0 Å². The van der Waals surface area contributed by atoms with Gasteiger partial charge in [-0.25, -0.2) is 15.0 Å². The summed E-state index contributed by atoms with van der Waals surface area (Å²) in [5, 5.41) is 3.53. The van der Waals surface area contributed by atoms with Crippen LogP contribution in [-0.4, -0.2) is 15.0 Å². The smallest absolute Gasteiger partial charge is 0.164 e. The Balaban J connectivity index is 1.22. The third-order valence-electron chi connectivity index (χ3n) is 9.90. The third kappa shape index (κ3) is 5.91.